The lowest BCUT2D eigenvalue weighted by Gasteiger charge is -2.30. The van der Waals surface area contributed by atoms with Gasteiger partial charge < -0.3 is 10.8 Å². The monoisotopic (exact) mass is 193 g/mol. The van der Waals surface area contributed by atoms with Gasteiger partial charge in [0.25, 0.3) is 0 Å². The van der Waals surface area contributed by atoms with Crippen LogP contribution in [0.1, 0.15) is 32.1 Å². The number of aliphatic hydroxyl groups is 1. The van der Waals surface area contributed by atoms with E-state index in [0.29, 0.717) is 12.8 Å². The smallest absolute Gasteiger partial charge is 0.248 e. The maximum Gasteiger partial charge on any atom is 0.248 e. The Morgan fingerprint density at radius 3 is 2.77 bits per heavy atom. The Bertz CT molecular complexity index is 164. The minimum Gasteiger partial charge on any atom is -0.395 e. The second-order valence-electron chi connectivity index (χ2n) is 4.00. The zero-order valence-corrected chi connectivity index (χ0v) is 7.68. The Balaban J connectivity index is 2.34. The van der Waals surface area contributed by atoms with Gasteiger partial charge in [-0.3, -0.25) is 0 Å². The maximum atomic E-state index is 12.9. The van der Waals surface area contributed by atoms with E-state index in [-0.39, 0.29) is 31.4 Å². The second kappa shape index (κ2) is 4.33. The number of aliphatic hydroxyl groups excluding tert-OH is 1. The molecular weight excluding hydrogens is 176 g/mol. The predicted octanol–water partition coefficient (Wildman–Crippen LogP) is 1.52. The second-order valence-corrected chi connectivity index (χ2v) is 4.00. The van der Waals surface area contributed by atoms with Crippen LogP contribution in [0.25, 0.3) is 0 Å². The molecule has 0 spiro atoms. The summed E-state index contributed by atoms with van der Waals surface area (Å²) in [6.07, 6.45) is 1.88. The first-order valence-electron chi connectivity index (χ1n) is 4.78. The highest BCUT2D eigenvalue weighted by Gasteiger charge is 2.36. The number of halogens is 2. The van der Waals surface area contributed by atoms with Crippen LogP contribution in [0.2, 0.25) is 0 Å². The van der Waals surface area contributed by atoms with Crippen LogP contribution in [0.15, 0.2) is 0 Å². The lowest BCUT2D eigenvalue weighted by atomic mass is 9.83. The fourth-order valence-electron chi connectivity index (χ4n) is 1.98. The van der Waals surface area contributed by atoms with Gasteiger partial charge in [-0.25, -0.2) is 8.78 Å². The first-order chi connectivity index (χ1) is 6.03. The molecule has 2 atom stereocenters. The number of hydrogen-bond donors (Lipinski definition) is 2. The third-order valence-electron chi connectivity index (χ3n) is 2.61. The van der Waals surface area contributed by atoms with E-state index in [4.69, 9.17) is 10.8 Å². The van der Waals surface area contributed by atoms with Gasteiger partial charge in [0.05, 0.1) is 6.61 Å². The zero-order chi connectivity index (χ0) is 9.90. The Hall–Kier alpha value is -0.220. The molecule has 0 aromatic carbocycles. The van der Waals surface area contributed by atoms with Crippen LogP contribution < -0.4 is 5.73 Å². The van der Waals surface area contributed by atoms with Gasteiger partial charge in [0.15, 0.2) is 0 Å². The van der Waals surface area contributed by atoms with Gasteiger partial charge in [-0.15, -0.1) is 0 Å². The van der Waals surface area contributed by atoms with Crippen LogP contribution in [0.3, 0.4) is 0 Å². The molecule has 4 heteroatoms. The average Bonchev–Trinajstić information content (AvgIpc) is 2.02. The van der Waals surface area contributed by atoms with Gasteiger partial charge >= 0.3 is 0 Å². The molecule has 2 unspecified atom stereocenters. The molecule has 13 heavy (non-hydrogen) atoms. The van der Waals surface area contributed by atoms with Crippen molar-refractivity contribution in [3.8, 4) is 0 Å². The third-order valence-corrected chi connectivity index (χ3v) is 2.61. The van der Waals surface area contributed by atoms with Crippen molar-refractivity contribution in [2.24, 2.45) is 11.7 Å². The van der Waals surface area contributed by atoms with E-state index >= 15 is 0 Å². The molecule has 0 aromatic heterocycles. The van der Waals surface area contributed by atoms with E-state index < -0.39 is 5.92 Å². The maximum absolute atomic E-state index is 12.9. The lowest BCUT2D eigenvalue weighted by Crippen LogP contribution is -2.32. The van der Waals surface area contributed by atoms with Crippen LogP contribution in [0.5, 0.6) is 0 Å². The van der Waals surface area contributed by atoms with E-state index in [1.807, 2.05) is 0 Å². The number of nitrogens with two attached hydrogens (primary N) is 1. The molecule has 1 aliphatic rings. The highest BCUT2D eigenvalue weighted by Crippen LogP contribution is 2.38. The molecule has 0 bridgehead atoms. The van der Waals surface area contributed by atoms with Crippen LogP contribution in [-0.4, -0.2) is 23.7 Å². The van der Waals surface area contributed by atoms with Gasteiger partial charge in [0.1, 0.15) is 0 Å². The topological polar surface area (TPSA) is 46.2 Å². The van der Waals surface area contributed by atoms with E-state index in [2.05, 4.69) is 0 Å². The summed E-state index contributed by atoms with van der Waals surface area (Å²) in [5.74, 6) is -2.51. The molecule has 1 fully saturated rings. The first-order valence-corrected chi connectivity index (χ1v) is 4.78. The summed E-state index contributed by atoms with van der Waals surface area (Å²) in [5.41, 5.74) is 5.50. The minimum atomic E-state index is -2.50. The van der Waals surface area contributed by atoms with Crippen molar-refractivity contribution in [1.29, 1.82) is 0 Å². The summed E-state index contributed by atoms with van der Waals surface area (Å²) >= 11 is 0. The van der Waals surface area contributed by atoms with E-state index in [1.54, 1.807) is 0 Å². The van der Waals surface area contributed by atoms with Gasteiger partial charge in [-0.1, -0.05) is 0 Å². The van der Waals surface area contributed by atoms with Crippen molar-refractivity contribution in [3.05, 3.63) is 0 Å². The molecule has 78 valence electrons. The molecule has 0 aliphatic heterocycles. The van der Waals surface area contributed by atoms with Crippen LogP contribution in [0.4, 0.5) is 8.78 Å². The van der Waals surface area contributed by atoms with Gasteiger partial charge in [0.2, 0.25) is 5.92 Å². The summed E-state index contributed by atoms with van der Waals surface area (Å²) < 4.78 is 25.8. The Kier molecular flexibility index (Phi) is 3.62. The molecule has 1 rings (SSSR count). The van der Waals surface area contributed by atoms with Crippen molar-refractivity contribution >= 4 is 0 Å². The van der Waals surface area contributed by atoms with E-state index in [0.717, 1.165) is 6.42 Å². The fraction of sp³-hybridized carbons (Fsp3) is 1.00. The third kappa shape index (κ3) is 3.56. The summed E-state index contributed by atoms with van der Waals surface area (Å²) in [5, 5.41) is 8.68. The van der Waals surface area contributed by atoms with Crippen molar-refractivity contribution < 1.29 is 13.9 Å². The molecule has 3 N–H and O–H groups in total. The van der Waals surface area contributed by atoms with Gasteiger partial charge in [-0.05, 0) is 25.2 Å². The summed E-state index contributed by atoms with van der Waals surface area (Å²) in [4.78, 5) is 0. The normalized spacial score (nSPS) is 30.0. The van der Waals surface area contributed by atoms with Crippen molar-refractivity contribution in [2.75, 3.05) is 6.61 Å². The number of hydrogen-bond acceptors (Lipinski definition) is 2. The highest BCUT2D eigenvalue weighted by molar-refractivity contribution is 4.80. The quantitative estimate of drug-likeness (QED) is 0.713. The Labute approximate surface area is 77.1 Å². The highest BCUT2D eigenvalue weighted by atomic mass is 19.3. The van der Waals surface area contributed by atoms with Crippen molar-refractivity contribution in [1.82, 2.24) is 0 Å². The van der Waals surface area contributed by atoms with E-state index in [1.165, 1.54) is 0 Å². The SMILES string of the molecule is NC(CO)CC1CCCC(F)(F)C1. The molecule has 2 nitrogen and oxygen atoms in total. The molecule has 0 saturated heterocycles. The largest absolute Gasteiger partial charge is 0.395 e. The average molecular weight is 193 g/mol. The lowest BCUT2D eigenvalue weighted by molar-refractivity contribution is -0.0549. The molecule has 0 radical (unpaired) electrons. The zero-order valence-electron chi connectivity index (χ0n) is 7.68. The van der Waals surface area contributed by atoms with Crippen LogP contribution in [0, 0.1) is 5.92 Å². The van der Waals surface area contributed by atoms with Gasteiger partial charge in [-0.2, -0.15) is 0 Å². The molecule has 0 heterocycles. The summed E-state index contributed by atoms with van der Waals surface area (Å²) in [6.45, 7) is -0.109. The first kappa shape index (κ1) is 10.9. The molecule has 0 amide bonds. The minimum absolute atomic E-state index is 0.00843. The molecule has 0 aromatic rings. The van der Waals surface area contributed by atoms with Crippen LogP contribution in [-0.2, 0) is 0 Å². The Morgan fingerprint density at radius 1 is 1.54 bits per heavy atom. The Morgan fingerprint density at radius 2 is 2.23 bits per heavy atom. The van der Waals surface area contributed by atoms with Crippen molar-refractivity contribution in [3.63, 3.8) is 0 Å². The van der Waals surface area contributed by atoms with E-state index in [9.17, 15) is 8.78 Å². The fourth-order valence-corrected chi connectivity index (χ4v) is 1.98. The summed E-state index contributed by atoms with van der Waals surface area (Å²) in [6, 6.07) is -0.334. The predicted molar refractivity (Wildman–Crippen MR) is 46.6 cm³/mol. The number of rotatable bonds is 3. The van der Waals surface area contributed by atoms with Crippen LogP contribution >= 0.6 is 0 Å². The molecule has 1 aliphatic carbocycles. The molecular formula is C9H17F2NO. The number of alkyl halides is 2. The standard InChI is InChI=1S/C9H17F2NO/c10-9(11)3-1-2-7(5-9)4-8(12)6-13/h7-8,13H,1-6,12H2. The van der Waals surface area contributed by atoms with Gasteiger partial charge in [0, 0.05) is 18.9 Å². The molecule has 1 saturated carbocycles. The van der Waals surface area contributed by atoms with Crippen molar-refractivity contribution in [2.45, 2.75) is 44.1 Å². The summed E-state index contributed by atoms with van der Waals surface area (Å²) in [7, 11) is 0.